The van der Waals surface area contributed by atoms with Crippen molar-refractivity contribution in [1.82, 2.24) is 9.97 Å². The van der Waals surface area contributed by atoms with Crippen LogP contribution in [0.5, 0.6) is 5.88 Å². The third-order valence-electron chi connectivity index (χ3n) is 4.12. The molecule has 128 valence electrons. The summed E-state index contributed by atoms with van der Waals surface area (Å²) in [5.74, 6) is 0.348. The molecule has 1 aliphatic rings. The molecule has 0 bridgehead atoms. The summed E-state index contributed by atoms with van der Waals surface area (Å²) in [7, 11) is 0. The molecule has 4 nitrogen and oxygen atoms in total. The Morgan fingerprint density at radius 2 is 1.79 bits per heavy atom. The fraction of sp³-hybridized carbons (Fsp3) is 0.412. The molecule has 0 atom stereocenters. The van der Waals surface area contributed by atoms with Crippen molar-refractivity contribution < 1.29 is 17.9 Å². The Morgan fingerprint density at radius 3 is 2.46 bits per heavy atom. The number of aromatic nitrogens is 2. The maximum atomic E-state index is 12.6. The van der Waals surface area contributed by atoms with Crippen LogP contribution in [0.4, 0.5) is 18.9 Å². The van der Waals surface area contributed by atoms with Gasteiger partial charge in [-0.3, -0.25) is 4.98 Å². The van der Waals surface area contributed by atoms with E-state index in [2.05, 4.69) is 14.9 Å². The molecule has 3 rings (SSSR count). The van der Waals surface area contributed by atoms with E-state index in [0.717, 1.165) is 37.7 Å². The SMILES string of the molecule is FC(F)(F)c1cccc(OCC2CCN(c3ccncc3)CC2)n1. The van der Waals surface area contributed by atoms with Gasteiger partial charge in [-0.05, 0) is 37.0 Å². The van der Waals surface area contributed by atoms with E-state index in [-0.39, 0.29) is 5.88 Å². The predicted octanol–water partition coefficient (Wildman–Crippen LogP) is 3.79. The van der Waals surface area contributed by atoms with Gasteiger partial charge in [0.15, 0.2) is 0 Å². The molecule has 1 saturated heterocycles. The largest absolute Gasteiger partial charge is 0.477 e. The maximum absolute atomic E-state index is 12.6. The minimum absolute atomic E-state index is 0.0291. The van der Waals surface area contributed by atoms with Gasteiger partial charge in [-0.2, -0.15) is 13.2 Å². The van der Waals surface area contributed by atoms with E-state index >= 15 is 0 Å². The molecule has 0 saturated carbocycles. The van der Waals surface area contributed by atoms with Gasteiger partial charge >= 0.3 is 6.18 Å². The van der Waals surface area contributed by atoms with E-state index in [0.29, 0.717) is 12.5 Å². The van der Waals surface area contributed by atoms with Gasteiger partial charge in [0.05, 0.1) is 6.61 Å². The van der Waals surface area contributed by atoms with Gasteiger partial charge in [-0.25, -0.2) is 4.98 Å². The Balaban J connectivity index is 1.50. The zero-order valence-electron chi connectivity index (χ0n) is 13.0. The highest BCUT2D eigenvalue weighted by atomic mass is 19.4. The molecule has 0 aliphatic carbocycles. The Kier molecular flexibility index (Phi) is 4.87. The fourth-order valence-corrected chi connectivity index (χ4v) is 2.77. The number of nitrogens with zero attached hydrogens (tertiary/aromatic N) is 3. The second kappa shape index (κ2) is 7.07. The number of ether oxygens (including phenoxy) is 1. The lowest BCUT2D eigenvalue weighted by molar-refractivity contribution is -0.141. The normalized spacial score (nSPS) is 16.2. The number of hydrogen-bond acceptors (Lipinski definition) is 4. The van der Waals surface area contributed by atoms with E-state index in [1.165, 1.54) is 12.1 Å². The molecule has 0 N–H and O–H groups in total. The van der Waals surface area contributed by atoms with Crippen LogP contribution in [0.15, 0.2) is 42.7 Å². The van der Waals surface area contributed by atoms with Crippen LogP contribution in [0.1, 0.15) is 18.5 Å². The van der Waals surface area contributed by atoms with Crippen molar-refractivity contribution in [2.75, 3.05) is 24.6 Å². The minimum atomic E-state index is -4.45. The number of rotatable bonds is 4. The van der Waals surface area contributed by atoms with Crippen LogP contribution in [-0.4, -0.2) is 29.7 Å². The zero-order chi connectivity index (χ0) is 17.0. The standard InChI is InChI=1S/C17H18F3N3O/c18-17(19,20)15-2-1-3-16(22-15)24-12-13-6-10-23(11-7-13)14-4-8-21-9-5-14/h1-5,8-9,13H,6-7,10-12H2. The van der Waals surface area contributed by atoms with Crippen LogP contribution in [0.25, 0.3) is 0 Å². The average Bonchev–Trinajstić information content (AvgIpc) is 2.61. The summed E-state index contributed by atoms with van der Waals surface area (Å²) in [5, 5.41) is 0. The summed E-state index contributed by atoms with van der Waals surface area (Å²) in [6, 6.07) is 7.67. The third-order valence-corrected chi connectivity index (χ3v) is 4.12. The van der Waals surface area contributed by atoms with Crippen LogP contribution in [0.3, 0.4) is 0 Å². The smallest absolute Gasteiger partial charge is 0.433 e. The molecule has 24 heavy (non-hydrogen) atoms. The van der Waals surface area contributed by atoms with Crippen LogP contribution >= 0.6 is 0 Å². The number of halogens is 3. The van der Waals surface area contributed by atoms with Crippen molar-refractivity contribution in [3.63, 3.8) is 0 Å². The van der Waals surface area contributed by atoms with Crippen molar-refractivity contribution in [2.24, 2.45) is 5.92 Å². The van der Waals surface area contributed by atoms with E-state index < -0.39 is 11.9 Å². The van der Waals surface area contributed by atoms with Gasteiger partial charge in [-0.1, -0.05) is 6.07 Å². The first-order valence-corrected chi connectivity index (χ1v) is 7.84. The Morgan fingerprint density at radius 1 is 1.08 bits per heavy atom. The van der Waals surface area contributed by atoms with Crippen molar-refractivity contribution in [1.29, 1.82) is 0 Å². The minimum Gasteiger partial charge on any atom is -0.477 e. The van der Waals surface area contributed by atoms with Gasteiger partial charge in [0.1, 0.15) is 5.69 Å². The molecule has 1 fully saturated rings. The highest BCUT2D eigenvalue weighted by Crippen LogP contribution is 2.29. The van der Waals surface area contributed by atoms with Crippen molar-refractivity contribution in [3.8, 4) is 5.88 Å². The predicted molar refractivity (Wildman–Crippen MR) is 83.9 cm³/mol. The molecule has 2 aromatic heterocycles. The lowest BCUT2D eigenvalue weighted by Gasteiger charge is -2.33. The summed E-state index contributed by atoms with van der Waals surface area (Å²) in [6.07, 6.45) is 0.950. The fourth-order valence-electron chi connectivity index (χ4n) is 2.77. The van der Waals surface area contributed by atoms with E-state index in [9.17, 15) is 13.2 Å². The molecule has 3 heterocycles. The molecular weight excluding hydrogens is 319 g/mol. The van der Waals surface area contributed by atoms with E-state index in [1.807, 2.05) is 12.1 Å². The van der Waals surface area contributed by atoms with E-state index in [4.69, 9.17) is 4.74 Å². The quantitative estimate of drug-likeness (QED) is 0.851. The van der Waals surface area contributed by atoms with Crippen molar-refractivity contribution in [2.45, 2.75) is 19.0 Å². The first-order valence-electron chi connectivity index (χ1n) is 7.84. The average molecular weight is 337 g/mol. The van der Waals surface area contributed by atoms with Crippen molar-refractivity contribution in [3.05, 3.63) is 48.4 Å². The van der Waals surface area contributed by atoms with Crippen LogP contribution < -0.4 is 9.64 Å². The van der Waals surface area contributed by atoms with Gasteiger partial charge in [0.25, 0.3) is 0 Å². The Hall–Kier alpha value is -2.31. The lowest BCUT2D eigenvalue weighted by Crippen LogP contribution is -2.35. The summed E-state index contributed by atoms with van der Waals surface area (Å²) >= 11 is 0. The van der Waals surface area contributed by atoms with Gasteiger partial charge < -0.3 is 9.64 Å². The molecule has 0 radical (unpaired) electrons. The molecule has 0 aromatic carbocycles. The highest BCUT2D eigenvalue weighted by Gasteiger charge is 2.32. The molecule has 0 spiro atoms. The van der Waals surface area contributed by atoms with Crippen molar-refractivity contribution >= 4 is 5.69 Å². The topological polar surface area (TPSA) is 38.2 Å². The molecule has 7 heteroatoms. The summed E-state index contributed by atoms with van der Waals surface area (Å²) in [4.78, 5) is 9.81. The molecule has 0 amide bonds. The number of hydrogen-bond donors (Lipinski definition) is 0. The lowest BCUT2D eigenvalue weighted by atomic mass is 9.97. The monoisotopic (exact) mass is 337 g/mol. The first kappa shape index (κ1) is 16.5. The van der Waals surface area contributed by atoms with Crippen LogP contribution in [0.2, 0.25) is 0 Å². The Bertz CT molecular complexity index is 656. The Labute approximate surface area is 138 Å². The summed E-state index contributed by atoms with van der Waals surface area (Å²) in [5.41, 5.74) is 0.219. The molecule has 0 unspecified atom stereocenters. The molecular formula is C17H18F3N3O. The summed E-state index contributed by atoms with van der Waals surface area (Å²) < 4.78 is 43.4. The van der Waals surface area contributed by atoms with Gasteiger partial charge in [0.2, 0.25) is 5.88 Å². The summed E-state index contributed by atoms with van der Waals surface area (Å²) in [6.45, 7) is 2.18. The number of pyridine rings is 2. The number of anilines is 1. The highest BCUT2D eigenvalue weighted by molar-refractivity contribution is 5.44. The van der Waals surface area contributed by atoms with Crippen LogP contribution in [-0.2, 0) is 6.18 Å². The number of alkyl halides is 3. The van der Waals surface area contributed by atoms with Crippen LogP contribution in [0, 0.1) is 5.92 Å². The molecule has 2 aromatic rings. The number of piperidine rings is 1. The second-order valence-corrected chi connectivity index (χ2v) is 5.81. The maximum Gasteiger partial charge on any atom is 0.433 e. The van der Waals surface area contributed by atoms with E-state index in [1.54, 1.807) is 12.4 Å². The van der Waals surface area contributed by atoms with Gasteiger partial charge in [-0.15, -0.1) is 0 Å². The third kappa shape index (κ3) is 4.15. The van der Waals surface area contributed by atoms with Gasteiger partial charge in [0, 0.05) is 37.2 Å². The zero-order valence-corrected chi connectivity index (χ0v) is 13.0. The second-order valence-electron chi connectivity index (χ2n) is 5.81. The first-order chi connectivity index (χ1) is 11.5. The molecule has 1 aliphatic heterocycles.